The van der Waals surface area contributed by atoms with Crippen molar-refractivity contribution in [3.8, 4) is 11.5 Å². The quantitative estimate of drug-likeness (QED) is 0.820. The molecule has 0 bridgehead atoms. The summed E-state index contributed by atoms with van der Waals surface area (Å²) in [5.41, 5.74) is 5.69. The Morgan fingerprint density at radius 2 is 1.62 bits per heavy atom. The molecule has 0 aromatic heterocycles. The molecule has 1 atom stereocenters. The number of rotatable bonds is 3. The van der Waals surface area contributed by atoms with Crippen LogP contribution in [-0.4, -0.2) is 24.4 Å². The largest absolute Gasteiger partial charge is 0.508 e. The molecule has 2 aromatic rings. The molecule has 0 spiro atoms. The highest BCUT2D eigenvalue weighted by molar-refractivity contribution is 5.41. The summed E-state index contributed by atoms with van der Waals surface area (Å²) >= 11 is 0. The maximum absolute atomic E-state index is 9.19. The van der Waals surface area contributed by atoms with Crippen molar-refractivity contribution in [1.29, 1.82) is 0 Å². The van der Waals surface area contributed by atoms with Crippen molar-refractivity contribution in [3.05, 3.63) is 58.7 Å². The SMILES string of the molecule is Oc1ccc2c(c1)CCCC2.c1cc2c(c(OCC3CO3)c1)CCCC2. The van der Waals surface area contributed by atoms with Gasteiger partial charge in [0.15, 0.2) is 0 Å². The first-order chi connectivity index (χ1) is 12.8. The van der Waals surface area contributed by atoms with Crippen molar-refractivity contribution in [2.75, 3.05) is 13.2 Å². The minimum Gasteiger partial charge on any atom is -0.508 e. The molecule has 2 aliphatic carbocycles. The third kappa shape index (κ3) is 4.39. The first-order valence-corrected chi connectivity index (χ1v) is 9.95. The first kappa shape index (κ1) is 17.4. The van der Waals surface area contributed by atoms with Gasteiger partial charge in [-0.1, -0.05) is 18.2 Å². The summed E-state index contributed by atoms with van der Waals surface area (Å²) in [6.07, 6.45) is 10.3. The van der Waals surface area contributed by atoms with Crippen molar-refractivity contribution in [3.63, 3.8) is 0 Å². The average molecular weight is 352 g/mol. The number of ether oxygens (including phenoxy) is 2. The number of aromatic hydroxyl groups is 1. The van der Waals surface area contributed by atoms with E-state index in [0.29, 0.717) is 11.9 Å². The summed E-state index contributed by atoms with van der Waals surface area (Å²) in [6.45, 7) is 1.59. The standard InChI is InChI=1S/C13H16O2.C10H12O/c1-2-6-12-10(4-1)5-3-7-13(12)15-9-11-8-14-11;11-10-6-5-8-3-1-2-4-9(8)7-10/h3,5,7,11H,1-2,4,6,8-9H2;5-7,11H,1-4H2. The van der Waals surface area contributed by atoms with Crippen molar-refractivity contribution >= 4 is 0 Å². The second-order valence-corrected chi connectivity index (χ2v) is 7.53. The summed E-state index contributed by atoms with van der Waals surface area (Å²) in [6, 6.07) is 12.2. The minimum atomic E-state index is 0.351. The van der Waals surface area contributed by atoms with Gasteiger partial charge in [-0.2, -0.15) is 0 Å². The number of phenols is 1. The molecule has 1 saturated heterocycles. The summed E-state index contributed by atoms with van der Waals surface area (Å²) < 4.78 is 11.0. The zero-order chi connectivity index (χ0) is 17.8. The number of hydrogen-bond donors (Lipinski definition) is 1. The van der Waals surface area contributed by atoms with E-state index < -0.39 is 0 Å². The van der Waals surface area contributed by atoms with Crippen LogP contribution in [0.1, 0.15) is 47.9 Å². The molecule has 1 heterocycles. The topological polar surface area (TPSA) is 42.0 Å². The fraction of sp³-hybridized carbons (Fsp3) is 0.478. The van der Waals surface area contributed by atoms with Crippen LogP contribution in [0, 0.1) is 0 Å². The van der Waals surface area contributed by atoms with Gasteiger partial charge < -0.3 is 14.6 Å². The van der Waals surface area contributed by atoms with E-state index in [1.165, 1.54) is 67.2 Å². The first-order valence-electron chi connectivity index (χ1n) is 9.95. The van der Waals surface area contributed by atoms with Crippen LogP contribution in [-0.2, 0) is 30.4 Å². The summed E-state index contributed by atoms with van der Waals surface area (Å²) in [4.78, 5) is 0. The molecule has 5 rings (SSSR count). The van der Waals surface area contributed by atoms with Crippen LogP contribution in [0.25, 0.3) is 0 Å². The third-order valence-electron chi connectivity index (χ3n) is 5.51. The van der Waals surface area contributed by atoms with E-state index in [1.807, 2.05) is 12.1 Å². The lowest BCUT2D eigenvalue weighted by atomic mass is 9.91. The highest BCUT2D eigenvalue weighted by atomic mass is 16.6. The fourth-order valence-corrected chi connectivity index (χ4v) is 3.95. The van der Waals surface area contributed by atoms with Gasteiger partial charge in [-0.05, 0) is 91.8 Å². The monoisotopic (exact) mass is 352 g/mol. The number of fused-ring (bicyclic) bond motifs is 2. The Kier molecular flexibility index (Phi) is 5.45. The molecule has 1 unspecified atom stereocenters. The van der Waals surface area contributed by atoms with Crippen LogP contribution in [0.3, 0.4) is 0 Å². The van der Waals surface area contributed by atoms with Gasteiger partial charge in [0, 0.05) is 0 Å². The second-order valence-electron chi connectivity index (χ2n) is 7.53. The predicted molar refractivity (Wildman–Crippen MR) is 103 cm³/mol. The van der Waals surface area contributed by atoms with Crippen LogP contribution in [0.4, 0.5) is 0 Å². The molecule has 0 saturated carbocycles. The Labute approximate surface area is 156 Å². The van der Waals surface area contributed by atoms with Crippen LogP contribution < -0.4 is 4.74 Å². The van der Waals surface area contributed by atoms with Gasteiger partial charge in [-0.3, -0.25) is 0 Å². The van der Waals surface area contributed by atoms with Gasteiger partial charge in [-0.25, -0.2) is 0 Å². The molecule has 3 heteroatoms. The summed E-state index contributed by atoms with van der Waals surface area (Å²) in [5.74, 6) is 1.49. The molecule has 0 radical (unpaired) electrons. The molecule has 1 aliphatic heterocycles. The molecule has 138 valence electrons. The molecular weight excluding hydrogens is 324 g/mol. The molecule has 1 fully saturated rings. The third-order valence-corrected chi connectivity index (χ3v) is 5.51. The number of benzene rings is 2. The molecule has 26 heavy (non-hydrogen) atoms. The molecule has 3 nitrogen and oxygen atoms in total. The maximum Gasteiger partial charge on any atom is 0.122 e. The lowest BCUT2D eigenvalue weighted by Crippen LogP contribution is -2.09. The summed E-state index contributed by atoms with van der Waals surface area (Å²) in [5, 5.41) is 9.19. The van der Waals surface area contributed by atoms with E-state index in [0.717, 1.165) is 25.4 Å². The van der Waals surface area contributed by atoms with Crippen molar-refractivity contribution in [1.82, 2.24) is 0 Å². The average Bonchev–Trinajstić information content (AvgIpc) is 3.51. The van der Waals surface area contributed by atoms with E-state index in [2.05, 4.69) is 18.2 Å². The molecule has 1 N–H and O–H groups in total. The van der Waals surface area contributed by atoms with Gasteiger partial charge in [0.25, 0.3) is 0 Å². The molecule has 2 aromatic carbocycles. The van der Waals surface area contributed by atoms with Crippen molar-refractivity contribution in [2.24, 2.45) is 0 Å². The number of phenolic OH excluding ortho intramolecular Hbond substituents is 1. The highest BCUT2D eigenvalue weighted by Crippen LogP contribution is 2.30. The molecule has 0 amide bonds. The maximum atomic E-state index is 9.19. The van der Waals surface area contributed by atoms with Crippen molar-refractivity contribution < 1.29 is 14.6 Å². The van der Waals surface area contributed by atoms with Gasteiger partial charge >= 0.3 is 0 Å². The smallest absolute Gasteiger partial charge is 0.122 e. The second kappa shape index (κ2) is 8.13. The summed E-state index contributed by atoms with van der Waals surface area (Å²) in [7, 11) is 0. The van der Waals surface area contributed by atoms with E-state index >= 15 is 0 Å². The predicted octanol–water partition coefficient (Wildman–Crippen LogP) is 4.61. The number of epoxide rings is 1. The van der Waals surface area contributed by atoms with Crippen LogP contribution in [0.2, 0.25) is 0 Å². The van der Waals surface area contributed by atoms with E-state index in [1.54, 1.807) is 6.07 Å². The Morgan fingerprint density at radius 3 is 2.42 bits per heavy atom. The Bertz CT molecular complexity index is 749. The van der Waals surface area contributed by atoms with E-state index in [4.69, 9.17) is 9.47 Å². The zero-order valence-electron chi connectivity index (χ0n) is 15.4. The Morgan fingerprint density at radius 1 is 0.885 bits per heavy atom. The lowest BCUT2D eigenvalue weighted by molar-refractivity contribution is 0.260. The van der Waals surface area contributed by atoms with Gasteiger partial charge in [0.1, 0.15) is 24.2 Å². The van der Waals surface area contributed by atoms with Crippen LogP contribution >= 0.6 is 0 Å². The van der Waals surface area contributed by atoms with E-state index in [9.17, 15) is 5.11 Å². The van der Waals surface area contributed by atoms with Gasteiger partial charge in [-0.15, -0.1) is 0 Å². The Hall–Kier alpha value is -2.00. The minimum absolute atomic E-state index is 0.351. The van der Waals surface area contributed by atoms with Gasteiger partial charge in [0.05, 0.1) is 6.61 Å². The van der Waals surface area contributed by atoms with E-state index in [-0.39, 0.29) is 0 Å². The molecule has 3 aliphatic rings. The van der Waals surface area contributed by atoms with Crippen molar-refractivity contribution in [2.45, 2.75) is 57.5 Å². The van der Waals surface area contributed by atoms with Crippen LogP contribution in [0.5, 0.6) is 11.5 Å². The van der Waals surface area contributed by atoms with Crippen LogP contribution in [0.15, 0.2) is 36.4 Å². The highest BCUT2D eigenvalue weighted by Gasteiger charge is 2.24. The normalized spacial score (nSPS) is 20.2. The zero-order valence-corrected chi connectivity index (χ0v) is 15.4. The number of hydrogen-bond acceptors (Lipinski definition) is 3. The number of aryl methyl sites for hydroxylation is 3. The fourth-order valence-electron chi connectivity index (χ4n) is 3.95. The molecular formula is C23H28O3. The lowest BCUT2D eigenvalue weighted by Gasteiger charge is -2.19. The Balaban J connectivity index is 0.000000136. The van der Waals surface area contributed by atoms with Gasteiger partial charge in [0.2, 0.25) is 0 Å².